The van der Waals surface area contributed by atoms with E-state index in [4.69, 9.17) is 0 Å². The van der Waals surface area contributed by atoms with Gasteiger partial charge in [0.25, 0.3) is 5.91 Å². The van der Waals surface area contributed by atoms with Crippen molar-refractivity contribution in [1.29, 1.82) is 0 Å². The van der Waals surface area contributed by atoms with Crippen LogP contribution in [0.3, 0.4) is 0 Å². The highest BCUT2D eigenvalue weighted by Crippen LogP contribution is 2.23. The molecular weight excluding hydrogens is 212 g/mol. The van der Waals surface area contributed by atoms with Gasteiger partial charge in [0.1, 0.15) is 5.69 Å². The molecule has 1 aromatic heterocycles. The lowest BCUT2D eigenvalue weighted by atomic mass is 10.2. The molecule has 4 nitrogen and oxygen atoms in total. The van der Waals surface area contributed by atoms with Crippen LogP contribution in [-0.4, -0.2) is 28.9 Å². The number of nitrogens with one attached hydrogen (secondary N) is 2. The fourth-order valence-corrected chi connectivity index (χ4v) is 2.12. The highest BCUT2D eigenvalue weighted by atomic mass is 32.2. The fraction of sp³-hybridized carbons (Fsp3) is 0.400. The van der Waals surface area contributed by atoms with Gasteiger partial charge in [0.2, 0.25) is 0 Å². The number of carbonyl (C=O) groups excluding carboxylic acids is 1. The quantitative estimate of drug-likeness (QED) is 0.784. The molecule has 1 amide bonds. The van der Waals surface area contributed by atoms with Crippen molar-refractivity contribution in [2.75, 3.05) is 18.1 Å². The monoisotopic (exact) mass is 224 g/mol. The summed E-state index contributed by atoms with van der Waals surface area (Å²) in [7, 11) is 0. The van der Waals surface area contributed by atoms with E-state index in [9.17, 15) is 9.59 Å². The Kier molecular flexibility index (Phi) is 3.11. The Hall–Kier alpha value is -1.23. The molecular formula is C10H12N2O2S. The number of hydrogen-bond donors (Lipinski definition) is 2. The second-order valence-electron chi connectivity index (χ2n) is 3.55. The maximum absolute atomic E-state index is 11.6. The van der Waals surface area contributed by atoms with Crippen LogP contribution in [-0.2, 0) is 0 Å². The molecule has 15 heavy (non-hydrogen) atoms. The van der Waals surface area contributed by atoms with E-state index in [0.29, 0.717) is 18.2 Å². The Morgan fingerprint density at radius 3 is 3.00 bits per heavy atom. The van der Waals surface area contributed by atoms with Crippen LogP contribution >= 0.6 is 11.8 Å². The van der Waals surface area contributed by atoms with Crippen molar-refractivity contribution in [3.63, 3.8) is 0 Å². The minimum absolute atomic E-state index is 0.155. The standard InChI is InChI=1S/C10H12N2O2S/c13-8-1-2-11-9(3-8)10(14)12-4-7-5-15-6-7/h1-3,7H,4-6H2,(H,11,13)(H,12,14). The van der Waals surface area contributed by atoms with Gasteiger partial charge >= 0.3 is 0 Å². The van der Waals surface area contributed by atoms with Gasteiger partial charge in [0.15, 0.2) is 5.43 Å². The molecule has 80 valence electrons. The summed E-state index contributed by atoms with van der Waals surface area (Å²) in [5.74, 6) is 2.62. The molecule has 1 fully saturated rings. The van der Waals surface area contributed by atoms with Crippen LogP contribution in [0.2, 0.25) is 0 Å². The molecule has 0 atom stereocenters. The summed E-state index contributed by atoms with van der Waals surface area (Å²) in [5.41, 5.74) is 0.174. The first kappa shape index (κ1) is 10.3. The molecule has 2 rings (SSSR count). The third-order valence-electron chi connectivity index (χ3n) is 2.28. The molecule has 0 aliphatic carbocycles. The largest absolute Gasteiger partial charge is 0.357 e. The molecule has 1 aliphatic heterocycles. The minimum Gasteiger partial charge on any atom is -0.357 e. The highest BCUT2D eigenvalue weighted by Gasteiger charge is 2.18. The third kappa shape index (κ3) is 2.62. The number of thioether (sulfide) groups is 1. The maximum atomic E-state index is 11.6. The second kappa shape index (κ2) is 4.53. The molecule has 0 bridgehead atoms. The lowest BCUT2D eigenvalue weighted by Gasteiger charge is -2.24. The highest BCUT2D eigenvalue weighted by molar-refractivity contribution is 8.00. The predicted molar refractivity (Wildman–Crippen MR) is 60.2 cm³/mol. The van der Waals surface area contributed by atoms with Gasteiger partial charge in [-0.3, -0.25) is 9.59 Å². The minimum atomic E-state index is -0.204. The van der Waals surface area contributed by atoms with Gasteiger partial charge in [0, 0.05) is 24.9 Å². The Morgan fingerprint density at radius 2 is 2.40 bits per heavy atom. The average Bonchev–Trinajstić information content (AvgIpc) is 2.15. The van der Waals surface area contributed by atoms with E-state index in [1.165, 1.54) is 18.3 Å². The number of hydrogen-bond acceptors (Lipinski definition) is 3. The average molecular weight is 224 g/mol. The fourth-order valence-electron chi connectivity index (χ4n) is 1.31. The van der Waals surface area contributed by atoms with E-state index in [1.807, 2.05) is 11.8 Å². The molecule has 5 heteroatoms. The molecule has 1 saturated heterocycles. The topological polar surface area (TPSA) is 62.0 Å². The molecule has 0 radical (unpaired) electrons. The van der Waals surface area contributed by atoms with Gasteiger partial charge in [-0.05, 0) is 17.4 Å². The SMILES string of the molecule is O=C(NCC1CSC1)c1cc(=O)cc[nH]1. The van der Waals surface area contributed by atoms with Crippen molar-refractivity contribution in [2.24, 2.45) is 5.92 Å². The van der Waals surface area contributed by atoms with E-state index in [1.54, 1.807) is 0 Å². The van der Waals surface area contributed by atoms with Gasteiger partial charge < -0.3 is 10.3 Å². The van der Waals surface area contributed by atoms with Gasteiger partial charge in [-0.25, -0.2) is 0 Å². The molecule has 1 aliphatic rings. The van der Waals surface area contributed by atoms with Crippen LogP contribution in [0.5, 0.6) is 0 Å². The number of pyridine rings is 1. The molecule has 0 saturated carbocycles. The van der Waals surface area contributed by atoms with E-state index < -0.39 is 0 Å². The second-order valence-corrected chi connectivity index (χ2v) is 4.63. The Bertz CT molecular complexity index is 412. The van der Waals surface area contributed by atoms with Crippen LogP contribution in [0.4, 0.5) is 0 Å². The smallest absolute Gasteiger partial charge is 0.267 e. The first-order chi connectivity index (χ1) is 7.25. The van der Waals surface area contributed by atoms with Crippen LogP contribution < -0.4 is 10.7 Å². The summed E-state index contributed by atoms with van der Waals surface area (Å²) in [6, 6.07) is 2.70. The van der Waals surface area contributed by atoms with Gasteiger partial charge in [0.05, 0.1) is 0 Å². The Labute approximate surface area is 91.5 Å². The van der Waals surface area contributed by atoms with Crippen molar-refractivity contribution in [3.8, 4) is 0 Å². The Morgan fingerprint density at radius 1 is 1.60 bits per heavy atom. The van der Waals surface area contributed by atoms with Crippen LogP contribution in [0.25, 0.3) is 0 Å². The zero-order chi connectivity index (χ0) is 10.7. The molecule has 0 aromatic carbocycles. The van der Waals surface area contributed by atoms with Gasteiger partial charge in [-0.2, -0.15) is 11.8 Å². The molecule has 2 heterocycles. The first-order valence-corrected chi connectivity index (χ1v) is 5.96. The van der Waals surface area contributed by atoms with Crippen LogP contribution in [0.15, 0.2) is 23.1 Å². The predicted octanol–water partition coefficient (Wildman–Crippen LogP) is 0.468. The molecule has 0 spiro atoms. The number of rotatable bonds is 3. The van der Waals surface area contributed by atoms with E-state index in [0.717, 1.165) is 11.5 Å². The van der Waals surface area contributed by atoms with E-state index in [2.05, 4.69) is 10.3 Å². The maximum Gasteiger partial charge on any atom is 0.267 e. The van der Waals surface area contributed by atoms with Crippen molar-refractivity contribution in [2.45, 2.75) is 0 Å². The molecule has 2 N–H and O–H groups in total. The Balaban J connectivity index is 1.92. The summed E-state index contributed by atoms with van der Waals surface area (Å²) in [6.45, 7) is 0.697. The van der Waals surface area contributed by atoms with Crippen molar-refractivity contribution < 1.29 is 4.79 Å². The normalized spacial score (nSPS) is 15.7. The van der Waals surface area contributed by atoms with Crippen molar-refractivity contribution in [1.82, 2.24) is 10.3 Å². The van der Waals surface area contributed by atoms with Crippen molar-refractivity contribution >= 4 is 17.7 Å². The van der Waals surface area contributed by atoms with Gasteiger partial charge in [-0.1, -0.05) is 0 Å². The third-order valence-corrected chi connectivity index (χ3v) is 3.69. The van der Waals surface area contributed by atoms with E-state index >= 15 is 0 Å². The van der Waals surface area contributed by atoms with Crippen LogP contribution in [0.1, 0.15) is 10.5 Å². The lowest BCUT2D eigenvalue weighted by Crippen LogP contribution is -2.35. The summed E-state index contributed by atoms with van der Waals surface area (Å²) < 4.78 is 0. The summed E-state index contributed by atoms with van der Waals surface area (Å²) >= 11 is 1.89. The van der Waals surface area contributed by atoms with Crippen LogP contribution in [0, 0.1) is 5.92 Å². The molecule has 1 aromatic rings. The van der Waals surface area contributed by atoms with Crippen molar-refractivity contribution in [3.05, 3.63) is 34.2 Å². The zero-order valence-electron chi connectivity index (χ0n) is 8.16. The summed E-state index contributed by atoms with van der Waals surface area (Å²) in [6.07, 6.45) is 1.48. The number of amides is 1. The summed E-state index contributed by atoms with van der Waals surface area (Å²) in [4.78, 5) is 25.3. The number of H-pyrrole nitrogens is 1. The lowest BCUT2D eigenvalue weighted by molar-refractivity contribution is 0.0944. The summed E-state index contributed by atoms with van der Waals surface area (Å²) in [5, 5.41) is 2.81. The molecule has 0 unspecified atom stereocenters. The zero-order valence-corrected chi connectivity index (χ0v) is 8.97. The number of aromatic amines is 1. The number of carbonyl (C=O) groups is 1. The van der Waals surface area contributed by atoms with Gasteiger partial charge in [-0.15, -0.1) is 0 Å². The van der Waals surface area contributed by atoms with E-state index in [-0.39, 0.29) is 11.3 Å². The number of aromatic nitrogens is 1. The first-order valence-electron chi connectivity index (χ1n) is 4.80.